The third-order valence-corrected chi connectivity index (χ3v) is 3.02. The zero-order chi connectivity index (χ0) is 13.7. The monoisotopic (exact) mass is 264 g/mol. The molecule has 0 aliphatic heterocycles. The highest BCUT2D eigenvalue weighted by molar-refractivity contribution is 5.92. The van der Waals surface area contributed by atoms with Gasteiger partial charge in [-0.15, -0.1) is 0 Å². The molecule has 0 spiro atoms. The van der Waals surface area contributed by atoms with Gasteiger partial charge in [0.25, 0.3) is 5.91 Å². The standard InChI is InChI=1S/C13H20N4O2/c1-2-5-14-12-9-15-11(8-16-12)13(19)17(6-7-18)10-3-4-10/h8-10,18H,2-7H2,1H3,(H,14,16). The maximum atomic E-state index is 12.2. The van der Waals surface area contributed by atoms with Crippen molar-refractivity contribution in [2.45, 2.75) is 32.2 Å². The maximum Gasteiger partial charge on any atom is 0.274 e. The van der Waals surface area contributed by atoms with Crippen LogP contribution in [0.1, 0.15) is 36.7 Å². The minimum atomic E-state index is -0.147. The molecule has 0 bridgehead atoms. The molecule has 19 heavy (non-hydrogen) atoms. The Morgan fingerprint density at radius 1 is 1.47 bits per heavy atom. The minimum Gasteiger partial charge on any atom is -0.395 e. The van der Waals surface area contributed by atoms with Crippen molar-refractivity contribution < 1.29 is 9.90 Å². The zero-order valence-corrected chi connectivity index (χ0v) is 11.2. The Morgan fingerprint density at radius 2 is 2.26 bits per heavy atom. The molecule has 104 valence electrons. The molecule has 0 unspecified atom stereocenters. The number of anilines is 1. The minimum absolute atomic E-state index is 0.0220. The molecule has 6 heteroatoms. The topological polar surface area (TPSA) is 78.4 Å². The Labute approximate surface area is 112 Å². The van der Waals surface area contributed by atoms with Crippen LogP contribution in [0.15, 0.2) is 12.4 Å². The van der Waals surface area contributed by atoms with Gasteiger partial charge in [-0.05, 0) is 19.3 Å². The summed E-state index contributed by atoms with van der Waals surface area (Å²) in [6, 6.07) is 0.263. The van der Waals surface area contributed by atoms with E-state index < -0.39 is 0 Å². The van der Waals surface area contributed by atoms with E-state index in [1.165, 1.54) is 6.20 Å². The van der Waals surface area contributed by atoms with E-state index in [0.717, 1.165) is 25.8 Å². The average Bonchev–Trinajstić information content (AvgIpc) is 3.27. The Hall–Kier alpha value is -1.69. The van der Waals surface area contributed by atoms with E-state index in [2.05, 4.69) is 22.2 Å². The smallest absolute Gasteiger partial charge is 0.274 e. The lowest BCUT2D eigenvalue weighted by Gasteiger charge is -2.20. The van der Waals surface area contributed by atoms with E-state index in [1.54, 1.807) is 11.1 Å². The first-order chi connectivity index (χ1) is 9.26. The summed E-state index contributed by atoms with van der Waals surface area (Å²) in [5.41, 5.74) is 0.336. The summed E-state index contributed by atoms with van der Waals surface area (Å²) in [5.74, 6) is 0.532. The quantitative estimate of drug-likeness (QED) is 0.765. The highest BCUT2D eigenvalue weighted by atomic mass is 16.3. The molecule has 1 aliphatic carbocycles. The Morgan fingerprint density at radius 3 is 2.79 bits per heavy atom. The Bertz CT molecular complexity index is 417. The second-order valence-corrected chi connectivity index (χ2v) is 4.67. The van der Waals surface area contributed by atoms with Crippen LogP contribution in [0.25, 0.3) is 0 Å². The number of carbonyl (C=O) groups excluding carboxylic acids is 1. The molecule has 6 nitrogen and oxygen atoms in total. The fraction of sp³-hybridized carbons (Fsp3) is 0.615. The number of aliphatic hydroxyl groups is 1. The van der Waals surface area contributed by atoms with Crippen LogP contribution in [0.2, 0.25) is 0 Å². The number of rotatable bonds is 7. The van der Waals surface area contributed by atoms with Gasteiger partial charge in [-0.3, -0.25) is 4.79 Å². The normalized spacial score (nSPS) is 14.2. The van der Waals surface area contributed by atoms with Gasteiger partial charge < -0.3 is 15.3 Å². The summed E-state index contributed by atoms with van der Waals surface area (Å²) in [6.45, 7) is 3.24. The summed E-state index contributed by atoms with van der Waals surface area (Å²) in [5, 5.41) is 12.1. The third kappa shape index (κ3) is 3.64. The van der Waals surface area contributed by atoms with Gasteiger partial charge in [-0.2, -0.15) is 0 Å². The molecule has 1 aromatic heterocycles. The van der Waals surface area contributed by atoms with Gasteiger partial charge in [-0.1, -0.05) is 6.92 Å². The lowest BCUT2D eigenvalue weighted by atomic mass is 10.3. The molecule has 0 atom stereocenters. The van der Waals surface area contributed by atoms with E-state index in [-0.39, 0.29) is 18.6 Å². The van der Waals surface area contributed by atoms with Gasteiger partial charge in [0, 0.05) is 19.1 Å². The molecule has 1 aromatic rings. The molecular weight excluding hydrogens is 244 g/mol. The molecule has 1 aliphatic rings. The van der Waals surface area contributed by atoms with Gasteiger partial charge in [0.05, 0.1) is 19.0 Å². The lowest BCUT2D eigenvalue weighted by molar-refractivity contribution is 0.0701. The van der Waals surface area contributed by atoms with E-state index in [0.29, 0.717) is 18.1 Å². The summed E-state index contributed by atoms with van der Waals surface area (Å²) < 4.78 is 0. The lowest BCUT2D eigenvalue weighted by Crippen LogP contribution is -2.36. The van der Waals surface area contributed by atoms with Crippen molar-refractivity contribution in [3.8, 4) is 0 Å². The number of nitrogens with one attached hydrogen (secondary N) is 1. The number of carbonyl (C=O) groups is 1. The predicted octanol–water partition coefficient (Wildman–Crippen LogP) is 0.895. The molecule has 1 amide bonds. The van der Waals surface area contributed by atoms with Crippen molar-refractivity contribution in [1.29, 1.82) is 0 Å². The van der Waals surface area contributed by atoms with Crippen molar-refractivity contribution in [2.24, 2.45) is 0 Å². The van der Waals surface area contributed by atoms with Crippen molar-refractivity contribution in [1.82, 2.24) is 14.9 Å². The predicted molar refractivity (Wildman–Crippen MR) is 72.0 cm³/mol. The summed E-state index contributed by atoms with van der Waals surface area (Å²) in [6.07, 6.45) is 6.10. The van der Waals surface area contributed by atoms with Crippen LogP contribution in [0.3, 0.4) is 0 Å². The van der Waals surface area contributed by atoms with Gasteiger partial charge in [0.2, 0.25) is 0 Å². The summed E-state index contributed by atoms with van der Waals surface area (Å²) in [4.78, 5) is 22.2. The largest absolute Gasteiger partial charge is 0.395 e. The number of aromatic nitrogens is 2. The maximum absolute atomic E-state index is 12.2. The second kappa shape index (κ2) is 6.47. The highest BCUT2D eigenvalue weighted by Crippen LogP contribution is 2.27. The number of hydrogen-bond donors (Lipinski definition) is 2. The molecule has 0 radical (unpaired) electrons. The SMILES string of the molecule is CCCNc1cnc(C(=O)N(CCO)C2CC2)cn1. The van der Waals surface area contributed by atoms with Crippen LogP contribution in [0, 0.1) is 0 Å². The Balaban J connectivity index is 2.01. The van der Waals surface area contributed by atoms with Crippen molar-refractivity contribution in [3.05, 3.63) is 18.1 Å². The van der Waals surface area contributed by atoms with Gasteiger partial charge in [-0.25, -0.2) is 9.97 Å². The van der Waals surface area contributed by atoms with E-state index in [4.69, 9.17) is 5.11 Å². The van der Waals surface area contributed by atoms with Crippen LogP contribution >= 0.6 is 0 Å². The second-order valence-electron chi connectivity index (χ2n) is 4.67. The van der Waals surface area contributed by atoms with Crippen LogP contribution < -0.4 is 5.32 Å². The summed E-state index contributed by atoms with van der Waals surface area (Å²) in [7, 11) is 0. The highest BCUT2D eigenvalue weighted by Gasteiger charge is 2.33. The average molecular weight is 264 g/mol. The van der Waals surface area contributed by atoms with E-state index >= 15 is 0 Å². The number of hydrogen-bond acceptors (Lipinski definition) is 5. The fourth-order valence-electron chi connectivity index (χ4n) is 1.87. The first-order valence-corrected chi connectivity index (χ1v) is 6.74. The van der Waals surface area contributed by atoms with Gasteiger partial charge >= 0.3 is 0 Å². The number of nitrogens with zero attached hydrogens (tertiary/aromatic N) is 3. The first-order valence-electron chi connectivity index (χ1n) is 6.74. The van der Waals surface area contributed by atoms with Gasteiger partial charge in [0.15, 0.2) is 0 Å². The molecule has 2 rings (SSSR count). The van der Waals surface area contributed by atoms with Crippen molar-refractivity contribution >= 4 is 11.7 Å². The van der Waals surface area contributed by atoms with Crippen molar-refractivity contribution in [2.75, 3.05) is 25.0 Å². The van der Waals surface area contributed by atoms with Crippen LogP contribution in [-0.2, 0) is 0 Å². The molecule has 0 aromatic carbocycles. The summed E-state index contributed by atoms with van der Waals surface area (Å²) >= 11 is 0. The third-order valence-electron chi connectivity index (χ3n) is 3.02. The van der Waals surface area contributed by atoms with Crippen LogP contribution in [-0.4, -0.2) is 51.6 Å². The molecule has 0 saturated heterocycles. The number of amides is 1. The molecule has 1 heterocycles. The molecule has 2 N–H and O–H groups in total. The van der Waals surface area contributed by atoms with Crippen LogP contribution in [0.4, 0.5) is 5.82 Å². The van der Waals surface area contributed by atoms with E-state index in [1.807, 2.05) is 0 Å². The zero-order valence-electron chi connectivity index (χ0n) is 11.2. The number of aliphatic hydroxyl groups excluding tert-OH is 1. The van der Waals surface area contributed by atoms with Crippen LogP contribution in [0.5, 0.6) is 0 Å². The molecule has 1 fully saturated rings. The molecular formula is C13H20N4O2. The first kappa shape index (κ1) is 13.7. The Kier molecular flexibility index (Phi) is 4.68. The van der Waals surface area contributed by atoms with Gasteiger partial charge in [0.1, 0.15) is 11.5 Å². The van der Waals surface area contributed by atoms with E-state index in [9.17, 15) is 4.79 Å². The van der Waals surface area contributed by atoms with Crippen molar-refractivity contribution in [3.63, 3.8) is 0 Å². The fourth-order valence-corrected chi connectivity index (χ4v) is 1.87. The molecule has 1 saturated carbocycles.